The molecular weight excluding hydrogens is 218 g/mol. The lowest BCUT2D eigenvalue weighted by Gasteiger charge is -2.03. The van der Waals surface area contributed by atoms with E-state index in [-0.39, 0.29) is 0 Å². The Hall–Kier alpha value is -1.39. The summed E-state index contributed by atoms with van der Waals surface area (Å²) in [6.45, 7) is 2.56. The first-order valence-electron chi connectivity index (χ1n) is 5.04. The van der Waals surface area contributed by atoms with Crippen LogP contribution in [0.4, 0.5) is 0 Å². The third kappa shape index (κ3) is 2.59. The molecule has 0 atom stereocenters. The van der Waals surface area contributed by atoms with Crippen molar-refractivity contribution in [2.45, 2.75) is 23.5 Å². The predicted octanol–water partition coefficient (Wildman–Crippen LogP) is 2.39. The second-order valence-corrected chi connectivity index (χ2v) is 4.45. The molecule has 0 aliphatic rings. The lowest BCUT2D eigenvalue weighted by Crippen LogP contribution is -1.98. The molecule has 2 rings (SSSR count). The summed E-state index contributed by atoms with van der Waals surface area (Å²) in [5.41, 5.74) is 7.68. The fourth-order valence-corrected chi connectivity index (χ4v) is 2.05. The van der Waals surface area contributed by atoms with Crippen LogP contribution in [0.2, 0.25) is 0 Å². The molecule has 0 aliphatic heterocycles. The van der Waals surface area contributed by atoms with Gasteiger partial charge < -0.3 is 5.73 Å². The standard InChI is InChI=1S/C12H13N3S/c1-9-4-2-3-5-11(9)16-12-14-7-10(6-13)8-15-12/h2-5,7-8H,6,13H2,1H3. The number of rotatable bonds is 3. The van der Waals surface area contributed by atoms with Gasteiger partial charge in [0.1, 0.15) is 0 Å². The third-order valence-corrected chi connectivity index (χ3v) is 3.28. The van der Waals surface area contributed by atoms with Gasteiger partial charge in [-0.2, -0.15) is 0 Å². The summed E-state index contributed by atoms with van der Waals surface area (Å²) < 4.78 is 0. The first-order chi connectivity index (χ1) is 7.79. The van der Waals surface area contributed by atoms with Gasteiger partial charge in [-0.15, -0.1) is 0 Å². The van der Waals surface area contributed by atoms with Crippen LogP contribution in [0.1, 0.15) is 11.1 Å². The van der Waals surface area contributed by atoms with E-state index in [1.165, 1.54) is 10.5 Å². The van der Waals surface area contributed by atoms with Gasteiger partial charge in [0.05, 0.1) is 0 Å². The highest BCUT2D eigenvalue weighted by molar-refractivity contribution is 7.99. The summed E-state index contributed by atoms with van der Waals surface area (Å²) in [5.74, 6) is 0. The summed E-state index contributed by atoms with van der Waals surface area (Å²) in [4.78, 5) is 9.70. The van der Waals surface area contributed by atoms with Crippen LogP contribution in [0.25, 0.3) is 0 Å². The Morgan fingerprint density at radius 1 is 1.19 bits per heavy atom. The molecule has 0 aliphatic carbocycles. The lowest BCUT2D eigenvalue weighted by atomic mass is 10.2. The van der Waals surface area contributed by atoms with Gasteiger partial charge in [0, 0.05) is 29.4 Å². The monoisotopic (exact) mass is 231 g/mol. The molecule has 0 spiro atoms. The molecule has 3 nitrogen and oxygen atoms in total. The Morgan fingerprint density at radius 3 is 2.50 bits per heavy atom. The number of nitrogens with zero attached hydrogens (tertiary/aromatic N) is 2. The highest BCUT2D eigenvalue weighted by atomic mass is 32.2. The Bertz CT molecular complexity index is 468. The normalized spacial score (nSPS) is 10.4. The molecule has 0 amide bonds. The lowest BCUT2D eigenvalue weighted by molar-refractivity contribution is 0.913. The van der Waals surface area contributed by atoms with Crippen molar-refractivity contribution in [3.05, 3.63) is 47.8 Å². The van der Waals surface area contributed by atoms with Crippen molar-refractivity contribution in [2.24, 2.45) is 5.73 Å². The first kappa shape index (κ1) is 11.1. The quantitative estimate of drug-likeness (QED) is 0.824. The molecule has 0 fully saturated rings. The van der Waals surface area contributed by atoms with Crippen LogP contribution >= 0.6 is 11.8 Å². The van der Waals surface area contributed by atoms with E-state index in [2.05, 4.69) is 29.0 Å². The predicted molar refractivity (Wildman–Crippen MR) is 65.2 cm³/mol. The number of aromatic nitrogens is 2. The van der Waals surface area contributed by atoms with Crippen LogP contribution < -0.4 is 5.73 Å². The van der Waals surface area contributed by atoms with Crippen LogP contribution in [-0.4, -0.2) is 9.97 Å². The summed E-state index contributed by atoms with van der Waals surface area (Å²) in [5, 5.41) is 0.756. The number of nitrogens with two attached hydrogens (primary N) is 1. The molecule has 82 valence electrons. The number of benzene rings is 1. The van der Waals surface area contributed by atoms with Gasteiger partial charge in [0.15, 0.2) is 5.16 Å². The molecule has 0 unspecified atom stereocenters. The highest BCUT2D eigenvalue weighted by Gasteiger charge is 2.02. The largest absolute Gasteiger partial charge is 0.326 e. The van der Waals surface area contributed by atoms with Crippen molar-refractivity contribution in [2.75, 3.05) is 0 Å². The van der Waals surface area contributed by atoms with Crippen molar-refractivity contribution < 1.29 is 0 Å². The van der Waals surface area contributed by atoms with E-state index in [4.69, 9.17) is 5.73 Å². The molecule has 2 aromatic rings. The highest BCUT2D eigenvalue weighted by Crippen LogP contribution is 2.26. The Labute approximate surface area is 99.1 Å². The number of aryl methyl sites for hydroxylation is 1. The van der Waals surface area contributed by atoms with Gasteiger partial charge in [-0.25, -0.2) is 9.97 Å². The minimum absolute atomic E-state index is 0.481. The van der Waals surface area contributed by atoms with Crippen molar-refractivity contribution in [1.82, 2.24) is 9.97 Å². The molecule has 2 N–H and O–H groups in total. The first-order valence-corrected chi connectivity index (χ1v) is 5.85. The van der Waals surface area contributed by atoms with Crippen LogP contribution in [0, 0.1) is 6.92 Å². The van der Waals surface area contributed by atoms with Gasteiger partial charge in [0.25, 0.3) is 0 Å². The molecular formula is C12H13N3S. The van der Waals surface area contributed by atoms with Gasteiger partial charge in [-0.3, -0.25) is 0 Å². The zero-order chi connectivity index (χ0) is 11.4. The third-order valence-electron chi connectivity index (χ3n) is 2.21. The zero-order valence-corrected chi connectivity index (χ0v) is 9.87. The van der Waals surface area contributed by atoms with Crippen LogP contribution in [0.5, 0.6) is 0 Å². The zero-order valence-electron chi connectivity index (χ0n) is 9.05. The Balaban J connectivity index is 2.18. The second kappa shape index (κ2) is 5.09. The average molecular weight is 231 g/mol. The number of hydrogen-bond donors (Lipinski definition) is 1. The topological polar surface area (TPSA) is 51.8 Å². The van der Waals surface area contributed by atoms with Crippen molar-refractivity contribution in [3.63, 3.8) is 0 Å². The molecule has 0 bridgehead atoms. The van der Waals surface area contributed by atoms with Crippen molar-refractivity contribution >= 4 is 11.8 Å². The second-order valence-electron chi connectivity index (χ2n) is 3.45. The van der Waals surface area contributed by atoms with E-state index in [1.54, 1.807) is 24.2 Å². The molecule has 1 aromatic heterocycles. The Morgan fingerprint density at radius 2 is 1.88 bits per heavy atom. The SMILES string of the molecule is Cc1ccccc1Sc1ncc(CN)cn1. The maximum absolute atomic E-state index is 5.49. The molecule has 1 heterocycles. The van der Waals surface area contributed by atoms with E-state index in [0.29, 0.717) is 6.54 Å². The fraction of sp³-hybridized carbons (Fsp3) is 0.167. The summed E-state index contributed by atoms with van der Waals surface area (Å²) in [7, 11) is 0. The molecule has 0 radical (unpaired) electrons. The van der Waals surface area contributed by atoms with E-state index < -0.39 is 0 Å². The van der Waals surface area contributed by atoms with Crippen LogP contribution in [-0.2, 0) is 6.54 Å². The maximum Gasteiger partial charge on any atom is 0.192 e. The van der Waals surface area contributed by atoms with E-state index in [0.717, 1.165) is 10.7 Å². The minimum atomic E-state index is 0.481. The van der Waals surface area contributed by atoms with E-state index >= 15 is 0 Å². The fourth-order valence-electron chi connectivity index (χ4n) is 1.27. The molecule has 16 heavy (non-hydrogen) atoms. The van der Waals surface area contributed by atoms with Gasteiger partial charge in [0.2, 0.25) is 0 Å². The van der Waals surface area contributed by atoms with Crippen LogP contribution in [0.15, 0.2) is 46.7 Å². The van der Waals surface area contributed by atoms with Gasteiger partial charge in [-0.05, 0) is 30.3 Å². The van der Waals surface area contributed by atoms with Crippen molar-refractivity contribution in [3.8, 4) is 0 Å². The van der Waals surface area contributed by atoms with Gasteiger partial charge in [-0.1, -0.05) is 18.2 Å². The summed E-state index contributed by atoms with van der Waals surface area (Å²) >= 11 is 1.57. The van der Waals surface area contributed by atoms with Gasteiger partial charge >= 0.3 is 0 Å². The smallest absolute Gasteiger partial charge is 0.192 e. The minimum Gasteiger partial charge on any atom is -0.326 e. The molecule has 0 saturated carbocycles. The summed E-state index contributed by atoms with van der Waals surface area (Å²) in [6.07, 6.45) is 3.54. The van der Waals surface area contributed by atoms with E-state index in [9.17, 15) is 0 Å². The maximum atomic E-state index is 5.49. The van der Waals surface area contributed by atoms with Crippen LogP contribution in [0.3, 0.4) is 0 Å². The summed E-state index contributed by atoms with van der Waals surface area (Å²) in [6, 6.07) is 8.19. The van der Waals surface area contributed by atoms with Crippen molar-refractivity contribution in [1.29, 1.82) is 0 Å². The molecule has 4 heteroatoms. The Kier molecular flexibility index (Phi) is 3.54. The molecule has 0 saturated heterocycles. The average Bonchev–Trinajstić information content (AvgIpc) is 2.33. The van der Waals surface area contributed by atoms with E-state index in [1.807, 2.05) is 12.1 Å². The molecule has 1 aromatic carbocycles. The number of hydrogen-bond acceptors (Lipinski definition) is 4.